The minimum absolute atomic E-state index is 0.144. The van der Waals surface area contributed by atoms with Gasteiger partial charge in [-0.25, -0.2) is 9.97 Å². The van der Waals surface area contributed by atoms with Crippen LogP contribution in [0, 0.1) is 10.1 Å². The molecule has 0 aromatic carbocycles. The van der Waals surface area contributed by atoms with Gasteiger partial charge in [0.2, 0.25) is 0 Å². The van der Waals surface area contributed by atoms with Crippen molar-refractivity contribution in [2.75, 3.05) is 0 Å². The van der Waals surface area contributed by atoms with E-state index in [0.29, 0.717) is 15.9 Å². The average Bonchev–Trinajstić information content (AvgIpc) is 2.23. The standard InChI is InChI=1S/C8H3Cl2N3O2/c9-6-3-12-8(10)5-1-4(13(14)15)2-11-7(5)6/h1-3H. The van der Waals surface area contributed by atoms with Gasteiger partial charge in [-0.15, -0.1) is 0 Å². The molecule has 15 heavy (non-hydrogen) atoms. The number of hydrogen-bond acceptors (Lipinski definition) is 4. The lowest BCUT2D eigenvalue weighted by Crippen LogP contribution is -1.91. The van der Waals surface area contributed by atoms with Crippen molar-refractivity contribution >= 4 is 39.8 Å². The molecule has 0 radical (unpaired) electrons. The van der Waals surface area contributed by atoms with Crippen molar-refractivity contribution < 1.29 is 4.92 Å². The second kappa shape index (κ2) is 3.60. The predicted molar refractivity (Wildman–Crippen MR) is 56.2 cm³/mol. The van der Waals surface area contributed by atoms with E-state index in [0.717, 1.165) is 6.20 Å². The third kappa shape index (κ3) is 1.71. The van der Waals surface area contributed by atoms with Crippen LogP contribution in [-0.4, -0.2) is 14.9 Å². The Bertz CT molecular complexity index is 559. The van der Waals surface area contributed by atoms with Gasteiger partial charge in [-0.05, 0) is 0 Å². The predicted octanol–water partition coefficient (Wildman–Crippen LogP) is 2.84. The number of hydrogen-bond donors (Lipinski definition) is 0. The molecular weight excluding hydrogens is 241 g/mol. The van der Waals surface area contributed by atoms with Crippen molar-refractivity contribution in [1.29, 1.82) is 0 Å². The molecule has 0 spiro atoms. The minimum Gasteiger partial charge on any atom is -0.258 e. The number of nitrogens with zero attached hydrogens (tertiary/aromatic N) is 3. The molecule has 76 valence electrons. The van der Waals surface area contributed by atoms with Crippen LogP contribution in [0.1, 0.15) is 0 Å². The second-order valence-electron chi connectivity index (χ2n) is 2.74. The smallest absolute Gasteiger partial charge is 0.258 e. The lowest BCUT2D eigenvalue weighted by Gasteiger charge is -2.00. The SMILES string of the molecule is O=[N+]([O-])c1cnc2c(Cl)cnc(Cl)c2c1. The quantitative estimate of drug-likeness (QED) is 0.439. The molecular formula is C8H3Cl2N3O2. The first-order chi connectivity index (χ1) is 7.09. The van der Waals surface area contributed by atoms with E-state index in [1.165, 1.54) is 12.3 Å². The fourth-order valence-electron chi connectivity index (χ4n) is 1.15. The molecule has 0 aliphatic rings. The summed E-state index contributed by atoms with van der Waals surface area (Å²) in [6.07, 6.45) is 2.48. The largest absolute Gasteiger partial charge is 0.288 e. The van der Waals surface area contributed by atoms with Crippen molar-refractivity contribution in [3.8, 4) is 0 Å². The summed E-state index contributed by atoms with van der Waals surface area (Å²) >= 11 is 11.6. The van der Waals surface area contributed by atoms with E-state index in [-0.39, 0.29) is 10.8 Å². The van der Waals surface area contributed by atoms with Crippen LogP contribution in [0.15, 0.2) is 18.5 Å². The summed E-state index contributed by atoms with van der Waals surface area (Å²) in [5, 5.41) is 11.3. The number of aromatic nitrogens is 2. The minimum atomic E-state index is -0.552. The Morgan fingerprint density at radius 1 is 1.27 bits per heavy atom. The van der Waals surface area contributed by atoms with Gasteiger partial charge in [0.1, 0.15) is 11.3 Å². The Morgan fingerprint density at radius 3 is 2.67 bits per heavy atom. The molecule has 5 nitrogen and oxygen atoms in total. The van der Waals surface area contributed by atoms with E-state index in [2.05, 4.69) is 9.97 Å². The number of rotatable bonds is 1. The van der Waals surface area contributed by atoms with Gasteiger partial charge >= 0.3 is 0 Å². The maximum Gasteiger partial charge on any atom is 0.288 e. The number of nitro groups is 1. The molecule has 2 rings (SSSR count). The van der Waals surface area contributed by atoms with Crippen molar-refractivity contribution in [2.24, 2.45) is 0 Å². The van der Waals surface area contributed by atoms with E-state index >= 15 is 0 Å². The molecule has 0 bridgehead atoms. The van der Waals surface area contributed by atoms with Crippen molar-refractivity contribution in [1.82, 2.24) is 9.97 Å². The molecule has 7 heteroatoms. The van der Waals surface area contributed by atoms with Crippen LogP contribution in [0.3, 0.4) is 0 Å². The fraction of sp³-hybridized carbons (Fsp3) is 0. The summed E-state index contributed by atoms with van der Waals surface area (Å²) in [7, 11) is 0. The van der Waals surface area contributed by atoms with E-state index < -0.39 is 4.92 Å². The molecule has 2 heterocycles. The lowest BCUT2D eigenvalue weighted by molar-refractivity contribution is -0.385. The Morgan fingerprint density at radius 2 is 2.00 bits per heavy atom. The number of fused-ring (bicyclic) bond motifs is 1. The first kappa shape index (κ1) is 10.1. The van der Waals surface area contributed by atoms with Gasteiger partial charge < -0.3 is 0 Å². The maximum atomic E-state index is 10.5. The maximum absolute atomic E-state index is 10.5. The third-order valence-corrected chi connectivity index (χ3v) is 2.40. The molecule has 0 fully saturated rings. The van der Waals surface area contributed by atoms with E-state index in [9.17, 15) is 10.1 Å². The first-order valence-corrected chi connectivity index (χ1v) is 4.59. The summed E-state index contributed by atoms with van der Waals surface area (Å²) < 4.78 is 0. The average molecular weight is 244 g/mol. The highest BCUT2D eigenvalue weighted by Gasteiger charge is 2.12. The summed E-state index contributed by atoms with van der Waals surface area (Å²) in [6.45, 7) is 0. The topological polar surface area (TPSA) is 68.9 Å². The molecule has 0 N–H and O–H groups in total. The highest BCUT2D eigenvalue weighted by Crippen LogP contribution is 2.28. The fourth-order valence-corrected chi connectivity index (χ4v) is 1.54. The number of halogens is 2. The van der Waals surface area contributed by atoms with Crippen molar-refractivity contribution in [2.45, 2.75) is 0 Å². The van der Waals surface area contributed by atoms with Gasteiger partial charge in [0, 0.05) is 17.6 Å². The van der Waals surface area contributed by atoms with E-state index in [1.54, 1.807) is 0 Å². The molecule has 0 saturated carbocycles. The molecule has 0 saturated heterocycles. The third-order valence-electron chi connectivity index (χ3n) is 1.82. The van der Waals surface area contributed by atoms with Crippen LogP contribution in [0.25, 0.3) is 10.9 Å². The monoisotopic (exact) mass is 243 g/mol. The van der Waals surface area contributed by atoms with Gasteiger partial charge in [-0.1, -0.05) is 23.2 Å². The summed E-state index contributed by atoms with van der Waals surface area (Å²) in [5.74, 6) is 0. The van der Waals surface area contributed by atoms with Crippen LogP contribution in [0.5, 0.6) is 0 Å². The molecule has 2 aromatic heterocycles. The zero-order chi connectivity index (χ0) is 11.0. The highest BCUT2D eigenvalue weighted by atomic mass is 35.5. The molecule has 0 atom stereocenters. The Hall–Kier alpha value is -1.46. The zero-order valence-electron chi connectivity index (χ0n) is 7.15. The van der Waals surface area contributed by atoms with Crippen molar-refractivity contribution in [3.05, 3.63) is 38.8 Å². The van der Waals surface area contributed by atoms with E-state index in [1.807, 2.05) is 0 Å². The highest BCUT2D eigenvalue weighted by molar-refractivity contribution is 6.38. The Kier molecular flexibility index (Phi) is 2.42. The van der Waals surface area contributed by atoms with Crippen LogP contribution in [0.2, 0.25) is 10.2 Å². The first-order valence-electron chi connectivity index (χ1n) is 3.84. The molecule has 0 amide bonds. The van der Waals surface area contributed by atoms with Gasteiger partial charge in [0.25, 0.3) is 5.69 Å². The van der Waals surface area contributed by atoms with Gasteiger partial charge in [-0.3, -0.25) is 10.1 Å². The normalized spacial score (nSPS) is 10.5. The van der Waals surface area contributed by atoms with Gasteiger partial charge in [-0.2, -0.15) is 0 Å². The van der Waals surface area contributed by atoms with Crippen LogP contribution >= 0.6 is 23.2 Å². The molecule has 0 aliphatic heterocycles. The summed E-state index contributed by atoms with van der Waals surface area (Å²) in [6, 6.07) is 1.30. The Balaban J connectivity index is 2.81. The zero-order valence-corrected chi connectivity index (χ0v) is 8.66. The van der Waals surface area contributed by atoms with Crippen LogP contribution in [0.4, 0.5) is 5.69 Å². The summed E-state index contributed by atoms with van der Waals surface area (Å²) in [4.78, 5) is 17.6. The van der Waals surface area contributed by atoms with Crippen molar-refractivity contribution in [3.63, 3.8) is 0 Å². The molecule has 2 aromatic rings. The van der Waals surface area contributed by atoms with Gasteiger partial charge in [0.15, 0.2) is 0 Å². The van der Waals surface area contributed by atoms with Crippen LogP contribution in [-0.2, 0) is 0 Å². The Labute approximate surface area is 93.8 Å². The van der Waals surface area contributed by atoms with Gasteiger partial charge in [0.05, 0.1) is 15.5 Å². The van der Waals surface area contributed by atoms with E-state index in [4.69, 9.17) is 23.2 Å². The second-order valence-corrected chi connectivity index (χ2v) is 3.51. The molecule has 0 unspecified atom stereocenters. The lowest BCUT2D eigenvalue weighted by atomic mass is 10.2. The molecule has 0 aliphatic carbocycles. The number of pyridine rings is 2. The summed E-state index contributed by atoms with van der Waals surface area (Å²) in [5.41, 5.74) is 0.260. The van der Waals surface area contributed by atoms with Crippen LogP contribution < -0.4 is 0 Å².